The van der Waals surface area contributed by atoms with Gasteiger partial charge < -0.3 is 11.1 Å². The van der Waals surface area contributed by atoms with E-state index in [-0.39, 0.29) is 11.5 Å². The van der Waals surface area contributed by atoms with Crippen LogP contribution in [0.25, 0.3) is 6.08 Å². The number of nitrogen functional groups attached to an aromatic ring is 1. The first-order valence-electron chi connectivity index (χ1n) is 6.67. The van der Waals surface area contributed by atoms with Crippen LogP contribution < -0.4 is 11.1 Å². The Balaban J connectivity index is 2.21. The van der Waals surface area contributed by atoms with Crippen LogP contribution in [0.1, 0.15) is 18.2 Å². The minimum Gasteiger partial charge on any atom is -0.397 e. The molecule has 4 nitrogen and oxygen atoms in total. The predicted octanol–water partition coefficient (Wildman–Crippen LogP) is 3.83. The minimum atomic E-state index is -0.295. The first kappa shape index (κ1) is 15.4. The van der Waals surface area contributed by atoms with Gasteiger partial charge in [-0.2, -0.15) is 0 Å². The molecule has 0 saturated heterocycles. The number of hydrogen-bond acceptors (Lipinski definition) is 4. The average Bonchev–Trinajstić information content (AvgIpc) is 2.48. The Morgan fingerprint density at radius 1 is 1.27 bits per heavy atom. The van der Waals surface area contributed by atoms with E-state index in [1.54, 1.807) is 36.4 Å². The molecular formula is C17H17FN4. The molecule has 1 aromatic heterocycles. The van der Waals surface area contributed by atoms with Gasteiger partial charge in [0.1, 0.15) is 17.3 Å². The Morgan fingerprint density at radius 2 is 1.95 bits per heavy atom. The van der Waals surface area contributed by atoms with Crippen molar-refractivity contribution in [2.75, 3.05) is 11.1 Å². The van der Waals surface area contributed by atoms with E-state index in [0.29, 0.717) is 17.2 Å². The topological polar surface area (TPSA) is 74.8 Å². The first-order chi connectivity index (χ1) is 10.5. The summed E-state index contributed by atoms with van der Waals surface area (Å²) in [5, 5.41) is 11.1. The fraction of sp³-hybridized carbons (Fsp3) is 0.0588. The number of allylic oxidation sites excluding steroid dienone is 2. The van der Waals surface area contributed by atoms with Gasteiger partial charge in [-0.25, -0.2) is 9.37 Å². The van der Waals surface area contributed by atoms with Crippen LogP contribution in [0.3, 0.4) is 0 Å². The summed E-state index contributed by atoms with van der Waals surface area (Å²) >= 11 is 0. The summed E-state index contributed by atoms with van der Waals surface area (Å²) in [4.78, 5) is 4.31. The highest BCUT2D eigenvalue weighted by Gasteiger charge is 2.07. The fourth-order valence-electron chi connectivity index (χ4n) is 1.81. The van der Waals surface area contributed by atoms with Gasteiger partial charge in [-0.15, -0.1) is 0 Å². The highest BCUT2D eigenvalue weighted by Crippen LogP contribution is 2.16. The molecule has 22 heavy (non-hydrogen) atoms. The zero-order chi connectivity index (χ0) is 16.1. The van der Waals surface area contributed by atoms with Gasteiger partial charge in [0, 0.05) is 5.70 Å². The van der Waals surface area contributed by atoms with Crippen LogP contribution in [0.15, 0.2) is 54.8 Å². The molecule has 0 aliphatic rings. The van der Waals surface area contributed by atoms with Crippen molar-refractivity contribution in [2.45, 2.75) is 6.92 Å². The Morgan fingerprint density at radius 3 is 2.59 bits per heavy atom. The molecule has 0 spiro atoms. The smallest absolute Gasteiger partial charge is 0.130 e. The van der Waals surface area contributed by atoms with E-state index in [1.807, 2.05) is 6.92 Å². The van der Waals surface area contributed by atoms with Crippen LogP contribution in [-0.4, -0.2) is 10.7 Å². The second-order valence-electron chi connectivity index (χ2n) is 4.84. The lowest BCUT2D eigenvalue weighted by atomic mass is 10.1. The Kier molecular flexibility index (Phi) is 4.68. The summed E-state index contributed by atoms with van der Waals surface area (Å²) in [5.74, 6) is 0.286. The van der Waals surface area contributed by atoms with E-state index in [0.717, 1.165) is 11.3 Å². The minimum absolute atomic E-state index is 0.173. The van der Waals surface area contributed by atoms with Gasteiger partial charge in [-0.3, -0.25) is 5.41 Å². The van der Waals surface area contributed by atoms with Gasteiger partial charge in [-0.1, -0.05) is 24.8 Å². The van der Waals surface area contributed by atoms with Crippen molar-refractivity contribution >= 4 is 23.3 Å². The fourth-order valence-corrected chi connectivity index (χ4v) is 1.81. The number of pyridine rings is 1. The molecule has 0 fully saturated rings. The lowest BCUT2D eigenvalue weighted by Crippen LogP contribution is -2.07. The summed E-state index contributed by atoms with van der Waals surface area (Å²) in [7, 11) is 0. The molecule has 0 aliphatic heterocycles. The molecule has 0 unspecified atom stereocenters. The van der Waals surface area contributed by atoms with Gasteiger partial charge in [0.15, 0.2) is 0 Å². The number of nitrogens with two attached hydrogens (primary N) is 1. The molecular weight excluding hydrogens is 279 g/mol. The van der Waals surface area contributed by atoms with Crippen LogP contribution in [0.2, 0.25) is 0 Å². The zero-order valence-electron chi connectivity index (χ0n) is 12.2. The monoisotopic (exact) mass is 296 g/mol. The Labute approximate surface area is 128 Å². The van der Waals surface area contributed by atoms with Crippen molar-refractivity contribution < 1.29 is 4.39 Å². The van der Waals surface area contributed by atoms with Gasteiger partial charge >= 0.3 is 0 Å². The summed E-state index contributed by atoms with van der Waals surface area (Å²) in [6.07, 6.45) is 3.29. The van der Waals surface area contributed by atoms with Crippen molar-refractivity contribution in [3.63, 3.8) is 0 Å². The quantitative estimate of drug-likeness (QED) is 0.734. The van der Waals surface area contributed by atoms with Crippen molar-refractivity contribution in [1.29, 1.82) is 5.41 Å². The molecule has 0 aliphatic carbocycles. The van der Waals surface area contributed by atoms with E-state index >= 15 is 0 Å². The van der Waals surface area contributed by atoms with E-state index in [1.165, 1.54) is 12.1 Å². The van der Waals surface area contributed by atoms with E-state index in [9.17, 15) is 4.39 Å². The van der Waals surface area contributed by atoms with Gasteiger partial charge in [0.05, 0.1) is 11.4 Å². The number of nitrogens with zero attached hydrogens (tertiary/aromatic N) is 1. The molecule has 112 valence electrons. The average molecular weight is 296 g/mol. The van der Waals surface area contributed by atoms with Crippen molar-refractivity contribution in [2.24, 2.45) is 0 Å². The second-order valence-corrected chi connectivity index (χ2v) is 4.84. The molecule has 2 rings (SSSR count). The molecule has 5 heteroatoms. The zero-order valence-corrected chi connectivity index (χ0v) is 12.2. The molecule has 0 saturated carbocycles. The molecule has 0 amide bonds. The summed E-state index contributed by atoms with van der Waals surface area (Å²) in [5.41, 5.74) is 8.38. The third kappa shape index (κ3) is 4.02. The number of hydrogen-bond donors (Lipinski definition) is 3. The molecule has 2 aromatic rings. The molecule has 0 atom stereocenters. The van der Waals surface area contributed by atoms with Crippen LogP contribution in [0.5, 0.6) is 0 Å². The standard InChI is InChI=1S/C17H17FN4/c1-11(2)21-16-10-9-15(20)17(22-16)14(19)8-5-12-3-6-13(18)7-4-12/h3-10,19H,1,20H2,2H3,(H,21,22)/b8-5+,19-14?. The summed E-state index contributed by atoms with van der Waals surface area (Å²) in [6.45, 7) is 5.57. The third-order valence-electron chi connectivity index (χ3n) is 2.84. The van der Waals surface area contributed by atoms with Gasteiger partial charge in [0.2, 0.25) is 0 Å². The largest absolute Gasteiger partial charge is 0.397 e. The maximum Gasteiger partial charge on any atom is 0.130 e. The second kappa shape index (κ2) is 6.67. The van der Waals surface area contributed by atoms with Crippen LogP contribution in [0.4, 0.5) is 15.9 Å². The predicted molar refractivity (Wildman–Crippen MR) is 89.3 cm³/mol. The molecule has 0 bridgehead atoms. The molecule has 4 N–H and O–H groups in total. The van der Waals surface area contributed by atoms with Crippen molar-refractivity contribution in [3.8, 4) is 0 Å². The lowest BCUT2D eigenvalue weighted by molar-refractivity contribution is 0.628. The Bertz CT molecular complexity index is 733. The summed E-state index contributed by atoms with van der Waals surface area (Å²) in [6, 6.07) is 9.42. The highest BCUT2D eigenvalue weighted by atomic mass is 19.1. The van der Waals surface area contributed by atoms with Crippen LogP contribution in [-0.2, 0) is 0 Å². The molecule has 0 radical (unpaired) electrons. The number of anilines is 2. The number of nitrogens with one attached hydrogen (secondary N) is 2. The SMILES string of the molecule is C=C(C)Nc1ccc(N)c(C(=N)/C=C/c2ccc(F)cc2)n1. The van der Waals surface area contributed by atoms with Crippen molar-refractivity contribution in [3.05, 3.63) is 71.8 Å². The van der Waals surface area contributed by atoms with Crippen molar-refractivity contribution in [1.82, 2.24) is 4.98 Å². The third-order valence-corrected chi connectivity index (χ3v) is 2.84. The number of halogens is 1. The van der Waals surface area contributed by atoms with E-state index < -0.39 is 0 Å². The lowest BCUT2D eigenvalue weighted by Gasteiger charge is -2.08. The first-order valence-corrected chi connectivity index (χ1v) is 6.67. The van der Waals surface area contributed by atoms with Crippen LogP contribution >= 0.6 is 0 Å². The van der Waals surface area contributed by atoms with Crippen LogP contribution in [0, 0.1) is 11.2 Å². The number of aromatic nitrogens is 1. The maximum atomic E-state index is 12.8. The molecule has 1 heterocycles. The highest BCUT2D eigenvalue weighted by molar-refractivity contribution is 6.10. The maximum absolute atomic E-state index is 12.8. The number of benzene rings is 1. The van der Waals surface area contributed by atoms with Gasteiger partial charge in [0.25, 0.3) is 0 Å². The normalized spacial score (nSPS) is 10.6. The summed E-state index contributed by atoms with van der Waals surface area (Å²) < 4.78 is 12.8. The van der Waals surface area contributed by atoms with Gasteiger partial charge in [-0.05, 0) is 42.8 Å². The van der Waals surface area contributed by atoms with E-state index in [2.05, 4.69) is 16.9 Å². The Hall–Kier alpha value is -2.95. The molecule has 1 aromatic carbocycles. The van der Waals surface area contributed by atoms with E-state index in [4.69, 9.17) is 11.1 Å². The number of rotatable bonds is 5.